The number of carbonyl (C=O) groups is 4. The van der Waals surface area contributed by atoms with Crippen LogP contribution in [0.25, 0.3) is 10.9 Å². The standard InChI is InChI=1S/C31H41N5O5S/c1-19(2)15-27(31(40)41)36-30(39)26(16-20-9-5-4-6-10-20)35-29(38)25(13-14-42-3)34-28(37)23(32)17-21-18-33-24-12-8-7-11-22(21)24/h4-12,18-19,23,25-27,33H,13-17,32H2,1-3H3,(H,34,37)(H,35,38)(H,36,39)(H,40,41). The number of carboxylic acid groups (broad SMARTS) is 1. The fourth-order valence-electron chi connectivity index (χ4n) is 4.71. The average Bonchev–Trinajstić information content (AvgIpc) is 3.37. The molecule has 4 unspecified atom stereocenters. The van der Waals surface area contributed by atoms with E-state index in [0.717, 1.165) is 22.0 Å². The minimum absolute atomic E-state index is 0.0353. The lowest BCUT2D eigenvalue weighted by molar-refractivity contribution is -0.142. The second kappa shape index (κ2) is 16.0. The number of nitrogens with two attached hydrogens (primary N) is 1. The molecule has 0 aliphatic rings. The van der Waals surface area contributed by atoms with Gasteiger partial charge in [-0.05, 0) is 54.4 Å². The maximum absolute atomic E-state index is 13.5. The lowest BCUT2D eigenvalue weighted by Gasteiger charge is -2.25. The van der Waals surface area contributed by atoms with Crippen molar-refractivity contribution in [3.8, 4) is 0 Å². The molecule has 42 heavy (non-hydrogen) atoms. The summed E-state index contributed by atoms with van der Waals surface area (Å²) in [7, 11) is 0. The molecule has 0 aliphatic heterocycles. The number of aromatic amines is 1. The maximum Gasteiger partial charge on any atom is 0.326 e. The Kier molecular flexibility index (Phi) is 12.4. The summed E-state index contributed by atoms with van der Waals surface area (Å²) in [5.74, 6) is -2.14. The highest BCUT2D eigenvalue weighted by Crippen LogP contribution is 2.19. The quantitative estimate of drug-likeness (QED) is 0.148. The molecule has 4 atom stereocenters. The van der Waals surface area contributed by atoms with E-state index in [0.29, 0.717) is 12.2 Å². The van der Waals surface area contributed by atoms with Crippen LogP contribution in [0.15, 0.2) is 60.8 Å². The number of nitrogens with one attached hydrogen (secondary N) is 4. The molecule has 0 spiro atoms. The summed E-state index contributed by atoms with van der Waals surface area (Å²) in [4.78, 5) is 55.0. The van der Waals surface area contributed by atoms with Crippen molar-refractivity contribution in [2.24, 2.45) is 11.7 Å². The number of aliphatic carboxylic acids is 1. The van der Waals surface area contributed by atoms with Crippen LogP contribution in [0.5, 0.6) is 0 Å². The molecule has 0 fully saturated rings. The third-order valence-corrected chi connectivity index (χ3v) is 7.58. The summed E-state index contributed by atoms with van der Waals surface area (Å²) in [6, 6.07) is 12.9. The second-order valence-electron chi connectivity index (χ2n) is 10.8. The minimum atomic E-state index is -1.14. The zero-order valence-electron chi connectivity index (χ0n) is 24.3. The first-order valence-electron chi connectivity index (χ1n) is 14.1. The van der Waals surface area contributed by atoms with E-state index >= 15 is 0 Å². The molecular weight excluding hydrogens is 554 g/mol. The van der Waals surface area contributed by atoms with Gasteiger partial charge in [-0.2, -0.15) is 11.8 Å². The Balaban J connectivity index is 1.74. The number of amides is 3. The number of rotatable bonds is 16. The number of para-hydroxylation sites is 1. The van der Waals surface area contributed by atoms with Crippen LogP contribution in [0.3, 0.4) is 0 Å². The zero-order chi connectivity index (χ0) is 30.6. The smallest absolute Gasteiger partial charge is 0.326 e. The first-order chi connectivity index (χ1) is 20.1. The van der Waals surface area contributed by atoms with Gasteiger partial charge >= 0.3 is 5.97 Å². The van der Waals surface area contributed by atoms with Crippen molar-refractivity contribution in [2.45, 2.75) is 63.7 Å². The highest BCUT2D eigenvalue weighted by Gasteiger charge is 2.31. The van der Waals surface area contributed by atoms with Gasteiger partial charge in [0.2, 0.25) is 17.7 Å². The van der Waals surface area contributed by atoms with Crippen molar-refractivity contribution >= 4 is 46.4 Å². The third kappa shape index (κ3) is 9.63. The van der Waals surface area contributed by atoms with Gasteiger partial charge in [0.15, 0.2) is 0 Å². The molecule has 0 saturated carbocycles. The number of benzene rings is 2. The van der Waals surface area contributed by atoms with Crippen molar-refractivity contribution in [1.82, 2.24) is 20.9 Å². The van der Waals surface area contributed by atoms with E-state index in [4.69, 9.17) is 5.73 Å². The molecule has 3 aromatic rings. The Morgan fingerprint density at radius 3 is 2.14 bits per heavy atom. The van der Waals surface area contributed by atoms with E-state index in [2.05, 4.69) is 20.9 Å². The van der Waals surface area contributed by atoms with E-state index < -0.39 is 47.9 Å². The maximum atomic E-state index is 13.5. The summed E-state index contributed by atoms with van der Waals surface area (Å²) < 4.78 is 0. The molecule has 0 bridgehead atoms. The summed E-state index contributed by atoms with van der Waals surface area (Å²) in [6.45, 7) is 3.74. The van der Waals surface area contributed by atoms with E-state index in [-0.39, 0.29) is 25.2 Å². The van der Waals surface area contributed by atoms with Crippen LogP contribution in [0.2, 0.25) is 0 Å². The van der Waals surface area contributed by atoms with Crippen LogP contribution >= 0.6 is 11.8 Å². The third-order valence-electron chi connectivity index (χ3n) is 6.93. The fraction of sp³-hybridized carbons (Fsp3) is 0.419. The van der Waals surface area contributed by atoms with Crippen molar-refractivity contribution in [1.29, 1.82) is 0 Å². The molecule has 7 N–H and O–H groups in total. The zero-order valence-corrected chi connectivity index (χ0v) is 25.1. The van der Waals surface area contributed by atoms with Gasteiger partial charge in [-0.1, -0.05) is 62.4 Å². The fourth-order valence-corrected chi connectivity index (χ4v) is 5.18. The number of thioether (sulfide) groups is 1. The molecule has 11 heteroatoms. The topological polar surface area (TPSA) is 166 Å². The number of hydrogen-bond donors (Lipinski definition) is 6. The van der Waals surface area contributed by atoms with Gasteiger partial charge in [0, 0.05) is 23.5 Å². The highest BCUT2D eigenvalue weighted by atomic mass is 32.2. The summed E-state index contributed by atoms with van der Waals surface area (Å²) >= 11 is 1.52. The van der Waals surface area contributed by atoms with E-state index in [1.54, 1.807) is 0 Å². The van der Waals surface area contributed by atoms with E-state index in [1.165, 1.54) is 11.8 Å². The summed E-state index contributed by atoms with van der Waals surface area (Å²) in [5, 5.41) is 18.8. The number of H-pyrrole nitrogens is 1. The molecule has 1 heterocycles. The molecule has 1 aromatic heterocycles. The summed E-state index contributed by atoms with van der Waals surface area (Å²) in [6.07, 6.45) is 4.71. The molecule has 0 radical (unpaired) electrons. The minimum Gasteiger partial charge on any atom is -0.480 e. The van der Waals surface area contributed by atoms with Crippen LogP contribution in [0, 0.1) is 5.92 Å². The Labute approximate surface area is 250 Å². The van der Waals surface area contributed by atoms with Crippen molar-refractivity contribution < 1.29 is 24.3 Å². The molecule has 226 valence electrons. The molecule has 10 nitrogen and oxygen atoms in total. The highest BCUT2D eigenvalue weighted by molar-refractivity contribution is 7.98. The van der Waals surface area contributed by atoms with Crippen molar-refractivity contribution in [3.05, 3.63) is 71.9 Å². The predicted molar refractivity (Wildman–Crippen MR) is 166 cm³/mol. The second-order valence-corrected chi connectivity index (χ2v) is 11.8. The molecule has 0 aliphatic carbocycles. The van der Waals surface area contributed by atoms with Crippen LogP contribution in [0.4, 0.5) is 0 Å². The van der Waals surface area contributed by atoms with Crippen LogP contribution in [-0.2, 0) is 32.0 Å². The van der Waals surface area contributed by atoms with Crippen LogP contribution in [0.1, 0.15) is 37.8 Å². The lowest BCUT2D eigenvalue weighted by atomic mass is 10.0. The molecular formula is C31H41N5O5S. The number of fused-ring (bicyclic) bond motifs is 1. The molecule has 3 amide bonds. The Bertz CT molecular complexity index is 1350. The average molecular weight is 596 g/mol. The molecule has 2 aromatic carbocycles. The van der Waals surface area contributed by atoms with Crippen LogP contribution in [-0.4, -0.2) is 70.0 Å². The molecule has 0 saturated heterocycles. The van der Waals surface area contributed by atoms with E-state index in [9.17, 15) is 24.3 Å². The first kappa shape index (κ1) is 32.7. The normalized spacial score (nSPS) is 14.1. The van der Waals surface area contributed by atoms with Crippen molar-refractivity contribution in [3.63, 3.8) is 0 Å². The number of hydrogen-bond acceptors (Lipinski definition) is 6. The molecule has 3 rings (SSSR count). The monoisotopic (exact) mass is 595 g/mol. The number of carboxylic acids is 1. The van der Waals surface area contributed by atoms with Gasteiger partial charge in [-0.25, -0.2) is 4.79 Å². The van der Waals surface area contributed by atoms with Gasteiger partial charge in [-0.15, -0.1) is 0 Å². The first-order valence-corrected chi connectivity index (χ1v) is 15.5. The largest absolute Gasteiger partial charge is 0.480 e. The Hall–Kier alpha value is -3.83. The predicted octanol–water partition coefficient (Wildman–Crippen LogP) is 2.62. The Morgan fingerprint density at radius 1 is 0.857 bits per heavy atom. The SMILES string of the molecule is CSCCC(NC(=O)C(N)Cc1c[nH]c2ccccc12)C(=O)NC(Cc1ccccc1)C(=O)NC(CC(C)C)C(=O)O. The van der Waals surface area contributed by atoms with Gasteiger partial charge in [-0.3, -0.25) is 14.4 Å². The van der Waals surface area contributed by atoms with Gasteiger partial charge < -0.3 is 31.8 Å². The van der Waals surface area contributed by atoms with Gasteiger partial charge in [0.1, 0.15) is 18.1 Å². The number of carbonyl (C=O) groups excluding carboxylic acids is 3. The van der Waals surface area contributed by atoms with Gasteiger partial charge in [0.25, 0.3) is 0 Å². The van der Waals surface area contributed by atoms with Crippen LogP contribution < -0.4 is 21.7 Å². The van der Waals surface area contributed by atoms with Crippen molar-refractivity contribution in [2.75, 3.05) is 12.0 Å². The Morgan fingerprint density at radius 2 is 1.48 bits per heavy atom. The number of aromatic nitrogens is 1. The van der Waals surface area contributed by atoms with E-state index in [1.807, 2.05) is 80.9 Å². The van der Waals surface area contributed by atoms with Gasteiger partial charge in [0.05, 0.1) is 6.04 Å². The lowest BCUT2D eigenvalue weighted by Crippen LogP contribution is -2.58. The summed E-state index contributed by atoms with van der Waals surface area (Å²) in [5.41, 5.74) is 8.90.